The normalized spacial score (nSPS) is 10.7. The summed E-state index contributed by atoms with van der Waals surface area (Å²) in [4.78, 5) is 17.1. The maximum absolute atomic E-state index is 11.0. The third-order valence-electron chi connectivity index (χ3n) is 2.53. The molecule has 0 aliphatic carbocycles. The standard InChI is InChI=1S/C12H17ClN2O3/c1-8(2)15(6-7-18-3)11-10(13)9(12(16)17)4-5-14-11/h4-5,8H,6-7H2,1-3H3,(H,16,17). The Hall–Kier alpha value is -1.33. The number of carboxylic acids is 1. The molecule has 0 fully saturated rings. The van der Waals surface area contributed by atoms with Crippen molar-refractivity contribution in [3.8, 4) is 0 Å². The second-order valence-corrected chi connectivity index (χ2v) is 4.46. The van der Waals surface area contributed by atoms with E-state index in [1.165, 1.54) is 12.3 Å². The number of aromatic nitrogens is 1. The fourth-order valence-corrected chi connectivity index (χ4v) is 1.90. The molecule has 0 unspecified atom stereocenters. The van der Waals surface area contributed by atoms with E-state index in [1.807, 2.05) is 18.7 Å². The predicted octanol–water partition coefficient (Wildman–Crippen LogP) is 2.29. The summed E-state index contributed by atoms with van der Waals surface area (Å²) in [7, 11) is 1.61. The third kappa shape index (κ3) is 3.34. The molecule has 0 aliphatic rings. The van der Waals surface area contributed by atoms with Crippen LogP contribution in [0.1, 0.15) is 24.2 Å². The van der Waals surface area contributed by atoms with E-state index in [-0.39, 0.29) is 16.6 Å². The van der Waals surface area contributed by atoms with Gasteiger partial charge in [-0.15, -0.1) is 0 Å². The number of ether oxygens (including phenoxy) is 1. The third-order valence-corrected chi connectivity index (χ3v) is 2.91. The molecule has 0 aromatic carbocycles. The van der Waals surface area contributed by atoms with Crippen molar-refractivity contribution in [2.45, 2.75) is 19.9 Å². The van der Waals surface area contributed by atoms with Crippen molar-refractivity contribution in [3.63, 3.8) is 0 Å². The first kappa shape index (κ1) is 14.7. The molecule has 0 amide bonds. The second-order valence-electron chi connectivity index (χ2n) is 4.08. The molecular formula is C12H17ClN2O3. The van der Waals surface area contributed by atoms with Gasteiger partial charge in [-0.05, 0) is 19.9 Å². The van der Waals surface area contributed by atoms with E-state index in [0.717, 1.165) is 0 Å². The number of aromatic carboxylic acids is 1. The number of anilines is 1. The van der Waals surface area contributed by atoms with Gasteiger partial charge in [-0.3, -0.25) is 0 Å². The molecule has 5 nitrogen and oxygen atoms in total. The zero-order valence-corrected chi connectivity index (χ0v) is 11.4. The van der Waals surface area contributed by atoms with Gasteiger partial charge >= 0.3 is 5.97 Å². The number of nitrogens with zero attached hydrogens (tertiary/aromatic N) is 2. The number of hydrogen-bond acceptors (Lipinski definition) is 4. The predicted molar refractivity (Wildman–Crippen MR) is 70.6 cm³/mol. The second kappa shape index (κ2) is 6.56. The van der Waals surface area contributed by atoms with Crippen molar-refractivity contribution in [1.29, 1.82) is 0 Å². The van der Waals surface area contributed by atoms with E-state index in [4.69, 9.17) is 21.4 Å². The molecule has 1 aromatic heterocycles. The fraction of sp³-hybridized carbons (Fsp3) is 0.500. The van der Waals surface area contributed by atoms with E-state index in [9.17, 15) is 4.79 Å². The molecule has 0 saturated heterocycles. The first-order valence-corrected chi connectivity index (χ1v) is 6.00. The van der Waals surface area contributed by atoms with Crippen LogP contribution in [0.5, 0.6) is 0 Å². The molecule has 0 bridgehead atoms. The summed E-state index contributed by atoms with van der Waals surface area (Å²) in [5.41, 5.74) is 0.0599. The molecule has 6 heteroatoms. The molecule has 1 rings (SSSR count). The highest BCUT2D eigenvalue weighted by Crippen LogP contribution is 2.28. The molecule has 18 heavy (non-hydrogen) atoms. The van der Waals surface area contributed by atoms with Crippen molar-refractivity contribution in [2.24, 2.45) is 0 Å². The molecule has 0 aliphatic heterocycles. The minimum Gasteiger partial charge on any atom is -0.478 e. The smallest absolute Gasteiger partial charge is 0.337 e. The van der Waals surface area contributed by atoms with Crippen LogP contribution in [0.3, 0.4) is 0 Å². The maximum atomic E-state index is 11.0. The topological polar surface area (TPSA) is 62.7 Å². The zero-order chi connectivity index (χ0) is 13.7. The number of methoxy groups -OCH3 is 1. The van der Waals surface area contributed by atoms with Gasteiger partial charge in [-0.1, -0.05) is 11.6 Å². The van der Waals surface area contributed by atoms with Gasteiger partial charge in [0.25, 0.3) is 0 Å². The summed E-state index contributed by atoms with van der Waals surface area (Å²) in [5, 5.41) is 9.19. The lowest BCUT2D eigenvalue weighted by molar-refractivity contribution is 0.0697. The van der Waals surface area contributed by atoms with Crippen LogP contribution < -0.4 is 4.90 Å². The summed E-state index contributed by atoms with van der Waals surface area (Å²) >= 11 is 6.10. The van der Waals surface area contributed by atoms with Gasteiger partial charge in [-0.2, -0.15) is 0 Å². The number of hydrogen-bond donors (Lipinski definition) is 1. The highest BCUT2D eigenvalue weighted by Gasteiger charge is 2.19. The number of halogens is 1. The molecule has 0 spiro atoms. The Bertz CT molecular complexity index is 424. The van der Waals surface area contributed by atoms with Crippen LogP contribution in [0.15, 0.2) is 12.3 Å². The summed E-state index contributed by atoms with van der Waals surface area (Å²) in [6.07, 6.45) is 1.45. The van der Waals surface area contributed by atoms with Crippen LogP contribution in [-0.2, 0) is 4.74 Å². The van der Waals surface area contributed by atoms with Crippen molar-refractivity contribution in [3.05, 3.63) is 22.8 Å². The van der Waals surface area contributed by atoms with Crippen LogP contribution in [0.2, 0.25) is 5.02 Å². The molecule has 0 saturated carbocycles. The van der Waals surface area contributed by atoms with Gasteiger partial charge in [-0.25, -0.2) is 9.78 Å². The lowest BCUT2D eigenvalue weighted by Gasteiger charge is -2.28. The van der Waals surface area contributed by atoms with Crippen molar-refractivity contribution in [1.82, 2.24) is 4.98 Å². The number of carboxylic acid groups (broad SMARTS) is 1. The van der Waals surface area contributed by atoms with Crippen molar-refractivity contribution >= 4 is 23.4 Å². The lowest BCUT2D eigenvalue weighted by atomic mass is 10.2. The SMILES string of the molecule is COCCN(c1nccc(C(=O)O)c1Cl)C(C)C. The van der Waals surface area contributed by atoms with E-state index in [1.54, 1.807) is 7.11 Å². The number of carbonyl (C=O) groups is 1. The van der Waals surface area contributed by atoms with E-state index < -0.39 is 5.97 Å². The monoisotopic (exact) mass is 272 g/mol. The Kier molecular flexibility index (Phi) is 5.37. The first-order chi connectivity index (χ1) is 8.49. The average Bonchev–Trinajstić information content (AvgIpc) is 2.30. The number of pyridine rings is 1. The summed E-state index contributed by atoms with van der Waals surface area (Å²) < 4.78 is 5.03. The summed E-state index contributed by atoms with van der Waals surface area (Å²) in [5.74, 6) is -0.581. The van der Waals surface area contributed by atoms with E-state index in [0.29, 0.717) is 19.0 Å². The van der Waals surface area contributed by atoms with Gasteiger partial charge in [0.2, 0.25) is 0 Å². The number of rotatable bonds is 6. The lowest BCUT2D eigenvalue weighted by Crippen LogP contribution is -2.35. The maximum Gasteiger partial charge on any atom is 0.337 e. The van der Waals surface area contributed by atoms with Crippen molar-refractivity contribution < 1.29 is 14.6 Å². The zero-order valence-electron chi connectivity index (χ0n) is 10.7. The van der Waals surface area contributed by atoms with Crippen molar-refractivity contribution in [2.75, 3.05) is 25.2 Å². The van der Waals surface area contributed by atoms with Gasteiger partial charge in [0, 0.05) is 25.9 Å². The Morgan fingerprint density at radius 1 is 1.61 bits per heavy atom. The molecule has 0 atom stereocenters. The molecule has 1 aromatic rings. The van der Waals surface area contributed by atoms with E-state index >= 15 is 0 Å². The molecule has 0 radical (unpaired) electrons. The van der Waals surface area contributed by atoms with Gasteiger partial charge in [0.05, 0.1) is 17.2 Å². The highest BCUT2D eigenvalue weighted by atomic mass is 35.5. The van der Waals surface area contributed by atoms with Gasteiger partial charge in [0.15, 0.2) is 0 Å². The molecule has 1 N–H and O–H groups in total. The minimum absolute atomic E-state index is 0.0599. The van der Waals surface area contributed by atoms with Crippen LogP contribution in [0.25, 0.3) is 0 Å². The minimum atomic E-state index is -1.06. The van der Waals surface area contributed by atoms with Crippen LogP contribution in [0.4, 0.5) is 5.82 Å². The molecule has 1 heterocycles. The Balaban J connectivity index is 3.12. The van der Waals surface area contributed by atoms with Crippen LogP contribution in [-0.4, -0.2) is 42.4 Å². The summed E-state index contributed by atoms with van der Waals surface area (Å²) in [6.45, 7) is 5.10. The summed E-state index contributed by atoms with van der Waals surface area (Å²) in [6, 6.07) is 1.54. The first-order valence-electron chi connectivity index (χ1n) is 5.62. The molecule has 100 valence electrons. The Morgan fingerprint density at radius 3 is 2.78 bits per heavy atom. The van der Waals surface area contributed by atoms with Crippen LogP contribution >= 0.6 is 11.6 Å². The van der Waals surface area contributed by atoms with Gasteiger partial charge in [0.1, 0.15) is 5.82 Å². The quantitative estimate of drug-likeness (QED) is 0.861. The van der Waals surface area contributed by atoms with Gasteiger partial charge < -0.3 is 14.7 Å². The van der Waals surface area contributed by atoms with E-state index in [2.05, 4.69) is 4.98 Å². The fourth-order valence-electron chi connectivity index (χ4n) is 1.60. The Morgan fingerprint density at radius 2 is 2.28 bits per heavy atom. The molecular weight excluding hydrogens is 256 g/mol. The highest BCUT2D eigenvalue weighted by molar-refractivity contribution is 6.35. The Labute approximate surface area is 111 Å². The average molecular weight is 273 g/mol. The largest absolute Gasteiger partial charge is 0.478 e. The van der Waals surface area contributed by atoms with Crippen LogP contribution in [0, 0.1) is 0 Å².